The van der Waals surface area contributed by atoms with Crippen LogP contribution in [-0.2, 0) is 4.79 Å². The number of hydrogen-bond donors (Lipinski definition) is 1. The number of carbonyl (C=O) groups excluding carboxylic acids is 1. The minimum absolute atomic E-state index is 0.0459. The molecule has 0 radical (unpaired) electrons. The SMILES string of the molecule is O=C1NN=CC(=N/N=C\c2cccc([N+](=O)[O-])c2)C1Cl. The van der Waals surface area contributed by atoms with E-state index in [2.05, 4.69) is 20.7 Å². The van der Waals surface area contributed by atoms with Crippen LogP contribution in [0.15, 0.2) is 39.6 Å². The number of nitrogens with zero attached hydrogens (tertiary/aromatic N) is 4. The van der Waals surface area contributed by atoms with Gasteiger partial charge in [0.2, 0.25) is 0 Å². The molecule has 8 nitrogen and oxygen atoms in total. The van der Waals surface area contributed by atoms with Crippen LogP contribution in [0, 0.1) is 10.1 Å². The fourth-order valence-electron chi connectivity index (χ4n) is 1.38. The van der Waals surface area contributed by atoms with Crippen molar-refractivity contribution < 1.29 is 9.72 Å². The number of nitrogens with one attached hydrogen (secondary N) is 1. The van der Waals surface area contributed by atoms with Crippen LogP contribution in [0.1, 0.15) is 5.56 Å². The first-order valence-electron chi connectivity index (χ1n) is 5.40. The summed E-state index contributed by atoms with van der Waals surface area (Å²) in [5, 5.41) is 20.7. The second kappa shape index (κ2) is 6.02. The van der Waals surface area contributed by atoms with E-state index >= 15 is 0 Å². The molecular formula is C11H8ClN5O3. The van der Waals surface area contributed by atoms with Crippen LogP contribution in [-0.4, -0.2) is 34.3 Å². The van der Waals surface area contributed by atoms with Gasteiger partial charge >= 0.3 is 0 Å². The number of nitro benzene ring substituents is 1. The van der Waals surface area contributed by atoms with Gasteiger partial charge in [0, 0.05) is 17.7 Å². The van der Waals surface area contributed by atoms with Crippen LogP contribution in [0.2, 0.25) is 0 Å². The highest BCUT2D eigenvalue weighted by Gasteiger charge is 2.23. The highest BCUT2D eigenvalue weighted by Crippen LogP contribution is 2.11. The smallest absolute Gasteiger partial charge is 0.270 e. The Morgan fingerprint density at radius 2 is 2.30 bits per heavy atom. The number of amides is 1. The topological polar surface area (TPSA) is 109 Å². The van der Waals surface area contributed by atoms with Gasteiger partial charge in [0.25, 0.3) is 11.6 Å². The van der Waals surface area contributed by atoms with Gasteiger partial charge in [-0.3, -0.25) is 14.9 Å². The van der Waals surface area contributed by atoms with Crippen molar-refractivity contribution in [2.45, 2.75) is 5.38 Å². The third-order valence-corrected chi connectivity index (χ3v) is 2.74. The molecule has 2 rings (SSSR count). The number of nitro groups is 1. The summed E-state index contributed by atoms with van der Waals surface area (Å²) in [6, 6.07) is 5.89. The van der Waals surface area contributed by atoms with Crippen molar-refractivity contribution in [2.75, 3.05) is 0 Å². The molecule has 1 atom stereocenters. The summed E-state index contributed by atoms with van der Waals surface area (Å²) in [4.78, 5) is 21.3. The van der Waals surface area contributed by atoms with Gasteiger partial charge in [0.05, 0.1) is 17.4 Å². The number of benzene rings is 1. The van der Waals surface area contributed by atoms with Gasteiger partial charge in [0.15, 0.2) is 5.38 Å². The van der Waals surface area contributed by atoms with Gasteiger partial charge < -0.3 is 0 Å². The zero-order valence-corrected chi connectivity index (χ0v) is 10.7. The number of hydrogen-bond acceptors (Lipinski definition) is 6. The first-order chi connectivity index (χ1) is 9.58. The Labute approximate surface area is 118 Å². The number of halogens is 1. The fraction of sp³-hybridized carbons (Fsp3) is 0.0909. The van der Waals surface area contributed by atoms with E-state index in [0.717, 1.165) is 0 Å². The van der Waals surface area contributed by atoms with E-state index in [1.54, 1.807) is 6.07 Å². The number of hydrazone groups is 1. The zero-order valence-electron chi connectivity index (χ0n) is 9.93. The third-order valence-electron chi connectivity index (χ3n) is 2.32. The van der Waals surface area contributed by atoms with Crippen molar-refractivity contribution >= 4 is 41.3 Å². The predicted octanol–water partition coefficient (Wildman–Crippen LogP) is 1.09. The summed E-state index contributed by atoms with van der Waals surface area (Å²) < 4.78 is 0. The Balaban J connectivity index is 2.16. The molecular weight excluding hydrogens is 286 g/mol. The van der Waals surface area contributed by atoms with Crippen molar-refractivity contribution in [3.8, 4) is 0 Å². The quantitative estimate of drug-likeness (QED) is 0.390. The van der Waals surface area contributed by atoms with E-state index in [-0.39, 0.29) is 11.4 Å². The molecule has 1 heterocycles. The van der Waals surface area contributed by atoms with Crippen LogP contribution in [0.25, 0.3) is 0 Å². The van der Waals surface area contributed by atoms with E-state index in [1.165, 1.54) is 30.6 Å². The molecule has 0 aliphatic carbocycles. The molecule has 1 aromatic carbocycles. The lowest BCUT2D eigenvalue weighted by Crippen LogP contribution is -2.38. The molecule has 9 heteroatoms. The average molecular weight is 294 g/mol. The molecule has 1 aromatic rings. The summed E-state index contributed by atoms with van der Waals surface area (Å²) in [6.45, 7) is 0. The second-order valence-corrected chi connectivity index (χ2v) is 4.15. The lowest BCUT2D eigenvalue weighted by molar-refractivity contribution is -0.384. The van der Waals surface area contributed by atoms with Crippen LogP contribution in [0.5, 0.6) is 0 Å². The minimum Gasteiger partial charge on any atom is -0.271 e. The van der Waals surface area contributed by atoms with E-state index in [0.29, 0.717) is 5.56 Å². The van der Waals surface area contributed by atoms with E-state index in [4.69, 9.17) is 11.6 Å². The van der Waals surface area contributed by atoms with Crippen LogP contribution in [0.3, 0.4) is 0 Å². The summed E-state index contributed by atoms with van der Waals surface area (Å²) in [7, 11) is 0. The maximum absolute atomic E-state index is 11.2. The number of non-ortho nitro benzene ring substituents is 1. The Bertz CT molecular complexity index is 641. The van der Waals surface area contributed by atoms with Crippen molar-refractivity contribution in [2.24, 2.45) is 15.3 Å². The van der Waals surface area contributed by atoms with Crippen LogP contribution in [0.4, 0.5) is 5.69 Å². The summed E-state index contributed by atoms with van der Waals surface area (Å²) >= 11 is 5.78. The van der Waals surface area contributed by atoms with E-state index in [9.17, 15) is 14.9 Å². The second-order valence-electron chi connectivity index (χ2n) is 3.72. The Kier molecular flexibility index (Phi) is 4.16. The molecule has 1 aliphatic heterocycles. The molecule has 0 aromatic heterocycles. The fourth-order valence-corrected chi connectivity index (χ4v) is 1.52. The lowest BCUT2D eigenvalue weighted by atomic mass is 10.2. The Hall–Kier alpha value is -2.61. The standard InChI is InChI=1S/C11H8ClN5O3/c12-10-9(6-14-16-11(10)18)15-13-5-7-2-1-3-8(4-7)17(19)20/h1-6,10H,(H,16,18)/b13-5-,15-9?. The van der Waals surface area contributed by atoms with Gasteiger partial charge in [-0.15, -0.1) is 11.6 Å². The average Bonchev–Trinajstić information content (AvgIpc) is 2.44. The minimum atomic E-state index is -0.963. The summed E-state index contributed by atoms with van der Waals surface area (Å²) in [5.74, 6) is -0.488. The molecule has 1 N–H and O–H groups in total. The first kappa shape index (κ1) is 13.8. The van der Waals surface area contributed by atoms with Gasteiger partial charge in [-0.05, 0) is 0 Å². The molecule has 0 spiro atoms. The molecule has 20 heavy (non-hydrogen) atoms. The van der Waals surface area contributed by atoms with Crippen LogP contribution < -0.4 is 5.43 Å². The van der Waals surface area contributed by atoms with Crippen LogP contribution >= 0.6 is 11.6 Å². The van der Waals surface area contributed by atoms with E-state index in [1.807, 2.05) is 0 Å². The Morgan fingerprint density at radius 3 is 3.05 bits per heavy atom. The van der Waals surface area contributed by atoms with Crippen molar-refractivity contribution in [1.82, 2.24) is 5.43 Å². The molecule has 1 amide bonds. The van der Waals surface area contributed by atoms with Gasteiger partial charge in [-0.2, -0.15) is 15.3 Å². The summed E-state index contributed by atoms with van der Waals surface area (Å²) in [5.41, 5.74) is 2.83. The first-order valence-corrected chi connectivity index (χ1v) is 5.84. The molecule has 0 saturated heterocycles. The third kappa shape index (κ3) is 3.23. The highest BCUT2D eigenvalue weighted by molar-refractivity contribution is 6.54. The number of carbonyl (C=O) groups is 1. The van der Waals surface area contributed by atoms with Gasteiger partial charge in [-0.1, -0.05) is 12.1 Å². The highest BCUT2D eigenvalue weighted by atomic mass is 35.5. The lowest BCUT2D eigenvalue weighted by Gasteiger charge is -2.10. The maximum atomic E-state index is 11.2. The monoisotopic (exact) mass is 293 g/mol. The van der Waals surface area contributed by atoms with E-state index < -0.39 is 16.2 Å². The van der Waals surface area contributed by atoms with Crippen molar-refractivity contribution in [3.05, 3.63) is 39.9 Å². The molecule has 1 aliphatic rings. The molecule has 0 saturated carbocycles. The molecule has 1 unspecified atom stereocenters. The van der Waals surface area contributed by atoms with Crippen molar-refractivity contribution in [3.63, 3.8) is 0 Å². The molecule has 102 valence electrons. The molecule has 0 bridgehead atoms. The number of alkyl halides is 1. The summed E-state index contributed by atoms with van der Waals surface area (Å²) in [6.07, 6.45) is 2.60. The Morgan fingerprint density at radius 1 is 1.50 bits per heavy atom. The van der Waals surface area contributed by atoms with Gasteiger partial charge in [0.1, 0.15) is 5.71 Å². The van der Waals surface area contributed by atoms with Gasteiger partial charge in [-0.25, -0.2) is 5.43 Å². The maximum Gasteiger partial charge on any atom is 0.270 e. The largest absolute Gasteiger partial charge is 0.271 e. The normalized spacial score (nSPS) is 20.4. The molecule has 0 fully saturated rings. The predicted molar refractivity (Wildman–Crippen MR) is 74.4 cm³/mol. The number of rotatable bonds is 3. The zero-order chi connectivity index (χ0) is 14.5. The van der Waals surface area contributed by atoms with Crippen molar-refractivity contribution in [1.29, 1.82) is 0 Å².